The second-order valence-corrected chi connectivity index (χ2v) is 9.50. The molecule has 1 aliphatic carbocycles. The topological polar surface area (TPSA) is 62.2 Å². The fourth-order valence-corrected chi connectivity index (χ4v) is 4.86. The highest BCUT2D eigenvalue weighted by Gasteiger charge is 2.39. The number of rotatable bonds is 6. The van der Waals surface area contributed by atoms with E-state index in [4.69, 9.17) is 9.47 Å². The van der Waals surface area contributed by atoms with Crippen molar-refractivity contribution in [3.05, 3.63) is 65.7 Å². The van der Waals surface area contributed by atoms with Crippen molar-refractivity contribution >= 4 is 0 Å². The van der Waals surface area contributed by atoms with E-state index in [1.165, 1.54) is 11.1 Å². The number of β-amino-alcohol motifs (C(OH)–C–C–N with tert-alkyl or cyclic N) is 2. The smallest absolute Gasteiger partial charge is 0.134 e. The van der Waals surface area contributed by atoms with Gasteiger partial charge in [-0.25, -0.2) is 0 Å². The van der Waals surface area contributed by atoms with Crippen molar-refractivity contribution in [1.82, 2.24) is 4.90 Å². The van der Waals surface area contributed by atoms with Gasteiger partial charge in [-0.15, -0.1) is 0 Å². The molecule has 1 heterocycles. The molecule has 2 aliphatic rings. The maximum Gasteiger partial charge on any atom is 0.134 e. The van der Waals surface area contributed by atoms with Gasteiger partial charge in [-0.1, -0.05) is 48.0 Å². The second-order valence-electron chi connectivity index (χ2n) is 9.50. The van der Waals surface area contributed by atoms with E-state index in [0.29, 0.717) is 32.2 Å². The zero-order valence-corrected chi connectivity index (χ0v) is 18.5. The Kier molecular flexibility index (Phi) is 6.97. The molecule has 0 bridgehead atoms. The van der Waals surface area contributed by atoms with E-state index in [0.717, 1.165) is 31.4 Å². The summed E-state index contributed by atoms with van der Waals surface area (Å²) in [6, 6.07) is 18.4. The van der Waals surface area contributed by atoms with Crippen LogP contribution < -0.4 is 4.74 Å². The highest BCUT2D eigenvalue weighted by molar-refractivity contribution is 5.26. The minimum atomic E-state index is -1.10. The van der Waals surface area contributed by atoms with Crippen LogP contribution in [0.1, 0.15) is 42.7 Å². The summed E-state index contributed by atoms with van der Waals surface area (Å²) in [5.74, 6) is 1.27. The van der Waals surface area contributed by atoms with Gasteiger partial charge >= 0.3 is 0 Å². The van der Waals surface area contributed by atoms with Gasteiger partial charge in [0.05, 0.1) is 18.8 Å². The highest BCUT2D eigenvalue weighted by Crippen LogP contribution is 2.38. The monoisotopic (exact) mass is 425 g/mol. The lowest BCUT2D eigenvalue weighted by Crippen LogP contribution is -2.53. The molecule has 2 N–H and O–H groups in total. The molecule has 0 spiro atoms. The molecule has 4 rings (SSSR count). The second kappa shape index (κ2) is 9.70. The van der Waals surface area contributed by atoms with Gasteiger partial charge in [0.2, 0.25) is 0 Å². The van der Waals surface area contributed by atoms with E-state index in [1.54, 1.807) is 0 Å². The van der Waals surface area contributed by atoms with Crippen LogP contribution in [0, 0.1) is 6.92 Å². The van der Waals surface area contributed by atoms with Gasteiger partial charge in [0, 0.05) is 19.6 Å². The van der Waals surface area contributed by atoms with E-state index in [-0.39, 0.29) is 13.2 Å². The van der Waals surface area contributed by atoms with Crippen LogP contribution in [0.4, 0.5) is 0 Å². The van der Waals surface area contributed by atoms with Crippen LogP contribution in [0.25, 0.3) is 0 Å². The summed E-state index contributed by atoms with van der Waals surface area (Å²) in [5.41, 5.74) is 0.730. The third-order valence-electron chi connectivity index (χ3n) is 6.67. The van der Waals surface area contributed by atoms with Crippen LogP contribution in [0.15, 0.2) is 54.6 Å². The van der Waals surface area contributed by atoms with E-state index in [1.807, 2.05) is 37.3 Å². The molecule has 1 aliphatic heterocycles. The van der Waals surface area contributed by atoms with Gasteiger partial charge in [0.25, 0.3) is 0 Å². The predicted molar refractivity (Wildman–Crippen MR) is 121 cm³/mol. The summed E-state index contributed by atoms with van der Waals surface area (Å²) in [4.78, 5) is 2.15. The maximum absolute atomic E-state index is 11.3. The normalized spacial score (nSPS) is 30.0. The predicted octanol–water partition coefficient (Wildman–Crippen LogP) is 3.53. The van der Waals surface area contributed by atoms with Crippen LogP contribution >= 0.6 is 0 Å². The van der Waals surface area contributed by atoms with E-state index in [2.05, 4.69) is 29.2 Å². The first-order valence-corrected chi connectivity index (χ1v) is 11.4. The van der Waals surface area contributed by atoms with Gasteiger partial charge in [-0.3, -0.25) is 4.90 Å². The maximum atomic E-state index is 11.3. The molecule has 168 valence electrons. The Bertz CT molecular complexity index is 817. The summed E-state index contributed by atoms with van der Waals surface area (Å²) >= 11 is 0. The molecule has 0 radical (unpaired) electrons. The fourth-order valence-electron chi connectivity index (χ4n) is 4.86. The molecule has 0 aromatic heterocycles. The lowest BCUT2D eigenvalue weighted by molar-refractivity contribution is -0.0766. The van der Waals surface area contributed by atoms with Crippen LogP contribution in [-0.2, 0) is 4.74 Å². The molecule has 2 aromatic rings. The number of hydrogen-bond donors (Lipinski definition) is 2. The lowest BCUT2D eigenvalue weighted by Gasteiger charge is -2.40. The van der Waals surface area contributed by atoms with Gasteiger partial charge < -0.3 is 19.7 Å². The van der Waals surface area contributed by atoms with Gasteiger partial charge in [-0.2, -0.15) is 0 Å². The number of aryl methyl sites for hydroxylation is 1. The van der Waals surface area contributed by atoms with Crippen molar-refractivity contribution in [3.8, 4) is 5.75 Å². The molecular weight excluding hydrogens is 390 g/mol. The Morgan fingerprint density at radius 3 is 2.42 bits per heavy atom. The molecule has 1 unspecified atom stereocenters. The minimum Gasteiger partial charge on any atom is -0.490 e. The first-order chi connectivity index (χ1) is 14.9. The Balaban J connectivity index is 1.32. The van der Waals surface area contributed by atoms with Crippen LogP contribution in [0.3, 0.4) is 0 Å². The molecule has 2 fully saturated rings. The molecule has 1 saturated carbocycles. The minimum absolute atomic E-state index is 0.168. The Morgan fingerprint density at radius 1 is 1.00 bits per heavy atom. The first-order valence-electron chi connectivity index (χ1n) is 11.4. The average Bonchev–Trinajstić information content (AvgIpc) is 2.95. The summed E-state index contributed by atoms with van der Waals surface area (Å²) in [5, 5.41) is 22.5. The number of hydrogen-bond acceptors (Lipinski definition) is 5. The Labute approximate surface area is 185 Å². The van der Waals surface area contributed by atoms with Crippen LogP contribution in [0.5, 0.6) is 5.75 Å². The molecule has 1 atom stereocenters. The largest absolute Gasteiger partial charge is 0.490 e. The van der Waals surface area contributed by atoms with Gasteiger partial charge in [-0.05, 0) is 56.2 Å². The quantitative estimate of drug-likeness (QED) is 0.742. The summed E-state index contributed by atoms with van der Waals surface area (Å²) in [6.07, 6.45) is 3.54. The Hall–Kier alpha value is -1.92. The molecule has 5 nitrogen and oxygen atoms in total. The number of benzene rings is 2. The van der Waals surface area contributed by atoms with Crippen molar-refractivity contribution in [3.63, 3.8) is 0 Å². The molecule has 1 saturated heterocycles. The van der Waals surface area contributed by atoms with Crippen molar-refractivity contribution in [1.29, 1.82) is 0 Å². The average molecular weight is 426 g/mol. The van der Waals surface area contributed by atoms with Crippen LogP contribution in [0.2, 0.25) is 0 Å². The SMILES string of the molecule is Cc1ccc(OCC2(O)COCCN(CC3(O)CCC(c4ccccc4)CC3)C2)cc1. The van der Waals surface area contributed by atoms with E-state index >= 15 is 0 Å². The fraction of sp³-hybridized carbons (Fsp3) is 0.538. The van der Waals surface area contributed by atoms with Gasteiger partial charge in [0.15, 0.2) is 0 Å². The molecule has 5 heteroatoms. The van der Waals surface area contributed by atoms with Crippen molar-refractivity contribution in [2.45, 2.75) is 49.7 Å². The van der Waals surface area contributed by atoms with Crippen LogP contribution in [-0.4, -0.2) is 65.8 Å². The molecular formula is C26H35NO4. The van der Waals surface area contributed by atoms with Gasteiger partial charge in [0.1, 0.15) is 18.0 Å². The number of ether oxygens (including phenoxy) is 2. The van der Waals surface area contributed by atoms with Crippen molar-refractivity contribution in [2.24, 2.45) is 0 Å². The third kappa shape index (κ3) is 6.07. The van der Waals surface area contributed by atoms with Crippen molar-refractivity contribution < 1.29 is 19.7 Å². The highest BCUT2D eigenvalue weighted by atomic mass is 16.5. The summed E-state index contributed by atoms with van der Waals surface area (Å²) < 4.78 is 11.6. The number of nitrogens with zero attached hydrogens (tertiary/aromatic N) is 1. The molecule has 31 heavy (non-hydrogen) atoms. The number of aliphatic hydroxyl groups is 2. The zero-order chi connectivity index (χ0) is 21.7. The van der Waals surface area contributed by atoms with Crippen molar-refractivity contribution in [2.75, 3.05) is 39.5 Å². The summed E-state index contributed by atoms with van der Waals surface area (Å²) in [6.45, 7) is 4.69. The first kappa shape index (κ1) is 22.3. The Morgan fingerprint density at radius 2 is 1.71 bits per heavy atom. The van der Waals surface area contributed by atoms with E-state index in [9.17, 15) is 10.2 Å². The zero-order valence-electron chi connectivity index (χ0n) is 18.5. The molecule has 0 amide bonds. The summed E-state index contributed by atoms with van der Waals surface area (Å²) in [7, 11) is 0. The lowest BCUT2D eigenvalue weighted by atomic mass is 9.76. The third-order valence-corrected chi connectivity index (χ3v) is 6.67. The standard InChI is InChI=1S/C26H35NO4/c1-21-7-9-24(10-8-21)31-20-26(29)18-27(15-16-30-19-26)17-25(28)13-11-23(12-14-25)22-5-3-2-4-6-22/h2-10,23,28-29H,11-20H2,1H3. The molecule has 2 aromatic carbocycles. The van der Waals surface area contributed by atoms with E-state index < -0.39 is 11.2 Å².